The van der Waals surface area contributed by atoms with Gasteiger partial charge in [0.2, 0.25) is 11.8 Å². The van der Waals surface area contributed by atoms with Crippen LogP contribution in [0.15, 0.2) is 54.6 Å². The molecule has 0 saturated carbocycles. The van der Waals surface area contributed by atoms with Gasteiger partial charge in [0.25, 0.3) is 0 Å². The Morgan fingerprint density at radius 2 is 1.60 bits per heavy atom. The summed E-state index contributed by atoms with van der Waals surface area (Å²) in [6, 6.07) is 17.4. The van der Waals surface area contributed by atoms with Crippen molar-refractivity contribution in [2.24, 2.45) is 0 Å². The van der Waals surface area contributed by atoms with Crippen LogP contribution in [0.2, 0.25) is 0 Å². The van der Waals surface area contributed by atoms with E-state index in [0.29, 0.717) is 0 Å². The first-order valence-electron chi connectivity index (χ1n) is 8.52. The molecule has 0 saturated heterocycles. The monoisotopic (exact) mass is 338 g/mol. The van der Waals surface area contributed by atoms with Crippen molar-refractivity contribution in [2.75, 3.05) is 7.05 Å². The maximum Gasteiger partial charge on any atom is 0.225 e. The summed E-state index contributed by atoms with van der Waals surface area (Å²) >= 11 is 0. The maximum atomic E-state index is 12.8. The molecule has 2 atom stereocenters. The van der Waals surface area contributed by atoms with E-state index in [9.17, 15) is 9.59 Å². The minimum atomic E-state index is -0.320. The highest BCUT2D eigenvalue weighted by Gasteiger charge is 2.22. The van der Waals surface area contributed by atoms with Gasteiger partial charge in [-0.15, -0.1) is 0 Å². The fourth-order valence-electron chi connectivity index (χ4n) is 2.79. The average molecular weight is 338 g/mol. The Balaban J connectivity index is 2.11. The maximum absolute atomic E-state index is 12.8. The molecule has 2 rings (SSSR count). The number of benzene rings is 2. The molecular formula is C21H26N2O2. The smallest absolute Gasteiger partial charge is 0.225 e. The van der Waals surface area contributed by atoms with Crippen LogP contribution in [0.1, 0.15) is 49.0 Å². The van der Waals surface area contributed by atoms with Crippen LogP contribution in [0.5, 0.6) is 0 Å². The average Bonchev–Trinajstić information content (AvgIpc) is 2.61. The zero-order chi connectivity index (χ0) is 18.4. The van der Waals surface area contributed by atoms with Crippen molar-refractivity contribution in [3.8, 4) is 0 Å². The number of carbonyl (C=O) groups excluding carboxylic acids is 2. The lowest BCUT2D eigenvalue weighted by molar-refractivity contribution is -0.132. The number of nitrogens with zero attached hydrogens (tertiary/aromatic N) is 1. The Kier molecular flexibility index (Phi) is 6.34. The third-order valence-electron chi connectivity index (χ3n) is 4.49. The molecule has 0 fully saturated rings. The summed E-state index contributed by atoms with van der Waals surface area (Å²) in [6.45, 7) is 5.53. The highest BCUT2D eigenvalue weighted by atomic mass is 16.2. The molecule has 0 aromatic heterocycles. The van der Waals surface area contributed by atoms with E-state index in [1.54, 1.807) is 4.90 Å². The first kappa shape index (κ1) is 18.7. The Bertz CT molecular complexity index is 710. The second-order valence-corrected chi connectivity index (χ2v) is 6.46. The van der Waals surface area contributed by atoms with Crippen LogP contribution < -0.4 is 5.32 Å². The zero-order valence-corrected chi connectivity index (χ0v) is 15.3. The molecule has 4 heteroatoms. The first-order chi connectivity index (χ1) is 11.9. The van der Waals surface area contributed by atoms with Crippen molar-refractivity contribution in [3.05, 3.63) is 71.3 Å². The van der Waals surface area contributed by atoms with E-state index in [-0.39, 0.29) is 30.3 Å². The molecule has 2 aromatic carbocycles. The van der Waals surface area contributed by atoms with E-state index in [4.69, 9.17) is 0 Å². The molecule has 0 spiro atoms. The zero-order valence-electron chi connectivity index (χ0n) is 15.3. The topological polar surface area (TPSA) is 49.4 Å². The van der Waals surface area contributed by atoms with Gasteiger partial charge in [0.15, 0.2) is 0 Å². The van der Waals surface area contributed by atoms with Crippen LogP contribution in [0.4, 0.5) is 0 Å². The Labute approximate surface area is 149 Å². The predicted octanol–water partition coefficient (Wildman–Crippen LogP) is 3.78. The van der Waals surface area contributed by atoms with Crippen LogP contribution in [0, 0.1) is 6.92 Å². The normalized spacial score (nSPS) is 13.0. The van der Waals surface area contributed by atoms with Crippen LogP contribution in [0.3, 0.4) is 0 Å². The van der Waals surface area contributed by atoms with Crippen molar-refractivity contribution >= 4 is 11.8 Å². The molecule has 0 aliphatic rings. The van der Waals surface area contributed by atoms with Crippen molar-refractivity contribution in [1.82, 2.24) is 10.2 Å². The molecule has 1 N–H and O–H groups in total. The minimum Gasteiger partial charge on any atom is -0.349 e. The summed E-state index contributed by atoms with van der Waals surface area (Å²) in [5.41, 5.74) is 3.22. The van der Waals surface area contributed by atoms with Crippen LogP contribution >= 0.6 is 0 Å². The van der Waals surface area contributed by atoms with Gasteiger partial charge in [-0.05, 0) is 25.0 Å². The van der Waals surface area contributed by atoms with Crippen molar-refractivity contribution in [2.45, 2.75) is 39.3 Å². The van der Waals surface area contributed by atoms with Gasteiger partial charge in [-0.2, -0.15) is 0 Å². The summed E-state index contributed by atoms with van der Waals surface area (Å²) in [5.74, 6) is -0.147. The molecule has 0 heterocycles. The molecule has 132 valence electrons. The standard InChI is InChI=1S/C21H26N2O2/c1-15-10-12-18(13-11-15)16(2)23(4)21(25)14-20(22-17(3)24)19-8-6-5-7-9-19/h5-13,16,20H,14H2,1-4H3,(H,22,24). The number of carbonyl (C=O) groups is 2. The van der Waals surface area contributed by atoms with E-state index in [1.807, 2.05) is 75.5 Å². The summed E-state index contributed by atoms with van der Waals surface area (Å²) in [6.07, 6.45) is 0.232. The summed E-state index contributed by atoms with van der Waals surface area (Å²) in [4.78, 5) is 26.0. The summed E-state index contributed by atoms with van der Waals surface area (Å²) in [7, 11) is 1.81. The molecule has 25 heavy (non-hydrogen) atoms. The lowest BCUT2D eigenvalue weighted by atomic mass is 10.0. The predicted molar refractivity (Wildman–Crippen MR) is 100.0 cm³/mol. The number of rotatable bonds is 6. The molecular weight excluding hydrogens is 312 g/mol. The van der Waals surface area contributed by atoms with Gasteiger partial charge in [-0.3, -0.25) is 9.59 Å². The van der Waals surface area contributed by atoms with E-state index in [0.717, 1.165) is 11.1 Å². The molecule has 0 radical (unpaired) electrons. The highest BCUT2D eigenvalue weighted by molar-refractivity contribution is 5.79. The third kappa shape index (κ3) is 5.18. The minimum absolute atomic E-state index is 0.00400. The SMILES string of the molecule is CC(=O)NC(CC(=O)N(C)C(C)c1ccc(C)cc1)c1ccccc1. The molecule has 2 unspecified atom stereocenters. The quantitative estimate of drug-likeness (QED) is 0.871. The summed E-state index contributed by atoms with van der Waals surface area (Å²) in [5, 5.41) is 2.88. The van der Waals surface area contributed by atoms with Crippen molar-refractivity contribution in [3.63, 3.8) is 0 Å². The Morgan fingerprint density at radius 1 is 1.00 bits per heavy atom. The van der Waals surface area contributed by atoms with Crippen molar-refractivity contribution in [1.29, 1.82) is 0 Å². The van der Waals surface area contributed by atoms with Gasteiger partial charge in [0, 0.05) is 14.0 Å². The van der Waals surface area contributed by atoms with Gasteiger partial charge in [-0.25, -0.2) is 0 Å². The van der Waals surface area contributed by atoms with E-state index in [2.05, 4.69) is 5.32 Å². The Morgan fingerprint density at radius 3 is 2.16 bits per heavy atom. The molecule has 0 aliphatic carbocycles. The second-order valence-electron chi connectivity index (χ2n) is 6.46. The number of hydrogen-bond donors (Lipinski definition) is 1. The fraction of sp³-hybridized carbons (Fsp3) is 0.333. The molecule has 0 aliphatic heterocycles. The van der Waals surface area contributed by atoms with E-state index in [1.165, 1.54) is 12.5 Å². The molecule has 0 bridgehead atoms. The number of aryl methyl sites for hydroxylation is 1. The van der Waals surface area contributed by atoms with Crippen LogP contribution in [-0.2, 0) is 9.59 Å². The third-order valence-corrected chi connectivity index (χ3v) is 4.49. The van der Waals surface area contributed by atoms with Gasteiger partial charge in [-0.1, -0.05) is 60.2 Å². The number of nitrogens with one attached hydrogen (secondary N) is 1. The highest BCUT2D eigenvalue weighted by Crippen LogP contribution is 2.23. The number of amides is 2. The van der Waals surface area contributed by atoms with Crippen molar-refractivity contribution < 1.29 is 9.59 Å². The van der Waals surface area contributed by atoms with Crippen LogP contribution in [-0.4, -0.2) is 23.8 Å². The molecule has 2 amide bonds. The van der Waals surface area contributed by atoms with E-state index >= 15 is 0 Å². The first-order valence-corrected chi connectivity index (χ1v) is 8.52. The van der Waals surface area contributed by atoms with Crippen LogP contribution in [0.25, 0.3) is 0 Å². The lowest BCUT2D eigenvalue weighted by Gasteiger charge is -2.28. The van der Waals surface area contributed by atoms with Gasteiger partial charge in [0.05, 0.1) is 18.5 Å². The fourth-order valence-corrected chi connectivity index (χ4v) is 2.79. The summed E-state index contributed by atoms with van der Waals surface area (Å²) < 4.78 is 0. The van der Waals surface area contributed by atoms with E-state index < -0.39 is 0 Å². The largest absolute Gasteiger partial charge is 0.349 e. The Hall–Kier alpha value is -2.62. The van der Waals surface area contributed by atoms with Gasteiger partial charge < -0.3 is 10.2 Å². The lowest BCUT2D eigenvalue weighted by Crippen LogP contribution is -2.35. The van der Waals surface area contributed by atoms with Gasteiger partial charge >= 0.3 is 0 Å². The molecule has 4 nitrogen and oxygen atoms in total. The molecule has 2 aromatic rings. The second kappa shape index (κ2) is 8.47. The number of hydrogen-bond acceptors (Lipinski definition) is 2. The van der Waals surface area contributed by atoms with Gasteiger partial charge in [0.1, 0.15) is 0 Å².